The van der Waals surface area contributed by atoms with Crippen molar-refractivity contribution < 1.29 is 14.9 Å². The summed E-state index contributed by atoms with van der Waals surface area (Å²) < 4.78 is 8.23. The van der Waals surface area contributed by atoms with E-state index in [0.29, 0.717) is 0 Å². The maximum atomic E-state index is 11.9. The Bertz CT molecular complexity index is 739. The molecule has 0 amide bonds. The molecule has 2 aromatic rings. The first-order chi connectivity index (χ1) is 10.6. The van der Waals surface area contributed by atoms with Crippen LogP contribution in [0, 0.1) is 0 Å². The fourth-order valence-corrected chi connectivity index (χ4v) is 2.57. The summed E-state index contributed by atoms with van der Waals surface area (Å²) >= 11 is 0. The number of ether oxygens (including phenoxy) is 1. The minimum absolute atomic E-state index is 0.229. The van der Waals surface area contributed by atoms with Crippen LogP contribution in [-0.4, -0.2) is 53.3 Å². The van der Waals surface area contributed by atoms with Gasteiger partial charge in [-0.05, 0) is 0 Å². The maximum absolute atomic E-state index is 11.9. The first-order valence-corrected chi connectivity index (χ1v) is 6.70. The summed E-state index contributed by atoms with van der Waals surface area (Å²) in [4.78, 5) is 29.0. The number of aromatic nitrogens is 5. The van der Waals surface area contributed by atoms with E-state index in [9.17, 15) is 19.8 Å². The van der Waals surface area contributed by atoms with E-state index >= 15 is 0 Å². The van der Waals surface area contributed by atoms with Gasteiger partial charge in [0.25, 0.3) is 5.56 Å². The molecule has 0 bridgehead atoms. The molecule has 118 valence electrons. The Morgan fingerprint density at radius 3 is 2.91 bits per heavy atom. The molecule has 3 N–H and O–H groups in total. The number of aliphatic hydroxyl groups is 2. The van der Waals surface area contributed by atoms with Crippen molar-refractivity contribution in [3.8, 4) is 0 Å². The molecule has 0 aliphatic carbocycles. The van der Waals surface area contributed by atoms with E-state index in [4.69, 9.17) is 4.74 Å². The van der Waals surface area contributed by atoms with Crippen LogP contribution in [0.25, 0.3) is 0 Å². The number of hydrogen-bond donors (Lipinski definition) is 3. The van der Waals surface area contributed by atoms with Gasteiger partial charge in [0.15, 0.2) is 0 Å². The number of rotatable bonds is 3. The molecule has 0 unspecified atom stereocenters. The summed E-state index contributed by atoms with van der Waals surface area (Å²) in [6.07, 6.45) is 1.69. The summed E-state index contributed by atoms with van der Waals surface area (Å²) in [6.45, 7) is -0.416. The zero-order valence-corrected chi connectivity index (χ0v) is 11.4. The first-order valence-electron chi connectivity index (χ1n) is 6.70. The van der Waals surface area contributed by atoms with Crippen molar-refractivity contribution in [3.05, 3.63) is 45.8 Å². The number of H-pyrrole nitrogens is 1. The van der Waals surface area contributed by atoms with Crippen molar-refractivity contribution in [2.24, 2.45) is 0 Å². The molecule has 22 heavy (non-hydrogen) atoms. The van der Waals surface area contributed by atoms with E-state index in [0.717, 1.165) is 0 Å². The van der Waals surface area contributed by atoms with Gasteiger partial charge in [0.05, 0.1) is 12.6 Å². The highest BCUT2D eigenvalue weighted by atomic mass is 16.5. The lowest BCUT2D eigenvalue weighted by molar-refractivity contribution is -0.181. The van der Waals surface area contributed by atoms with Crippen molar-refractivity contribution in [1.29, 1.82) is 0 Å². The van der Waals surface area contributed by atoms with E-state index in [1.54, 1.807) is 0 Å². The topological polar surface area (TPSA) is 135 Å². The zero-order valence-electron chi connectivity index (χ0n) is 11.4. The van der Waals surface area contributed by atoms with Crippen LogP contribution in [-0.2, 0) is 4.74 Å². The minimum Gasteiger partial charge on any atom is -0.394 e. The minimum atomic E-state index is -0.999. The van der Waals surface area contributed by atoms with Gasteiger partial charge in [-0.1, -0.05) is 0 Å². The number of nitrogens with zero attached hydrogens (tertiary/aromatic N) is 4. The molecule has 0 aromatic carbocycles. The Morgan fingerprint density at radius 1 is 1.45 bits per heavy atom. The summed E-state index contributed by atoms with van der Waals surface area (Å²) in [5.74, 6) is 0. The molecule has 4 atom stereocenters. The normalized spacial score (nSPS) is 28.6. The van der Waals surface area contributed by atoms with Gasteiger partial charge in [0.2, 0.25) is 0 Å². The quantitative estimate of drug-likeness (QED) is 0.597. The Kier molecular flexibility index (Phi) is 3.88. The van der Waals surface area contributed by atoms with E-state index in [1.807, 2.05) is 0 Å². The number of aliphatic hydroxyl groups excluding tert-OH is 2. The molecule has 10 nitrogen and oxygen atoms in total. The van der Waals surface area contributed by atoms with Crippen LogP contribution in [0.4, 0.5) is 0 Å². The molecular formula is C12H15N5O5. The summed E-state index contributed by atoms with van der Waals surface area (Å²) in [5.41, 5.74) is -1.13. The van der Waals surface area contributed by atoms with E-state index in [-0.39, 0.29) is 6.42 Å². The van der Waals surface area contributed by atoms with Crippen LogP contribution in [0.15, 0.2) is 34.5 Å². The van der Waals surface area contributed by atoms with Crippen LogP contribution in [0.3, 0.4) is 0 Å². The number of aromatic amines is 1. The van der Waals surface area contributed by atoms with Gasteiger partial charge in [-0.2, -0.15) is 5.10 Å². The predicted molar refractivity (Wildman–Crippen MR) is 72.0 cm³/mol. The third-order valence-electron chi connectivity index (χ3n) is 3.67. The van der Waals surface area contributed by atoms with Gasteiger partial charge in [-0.15, -0.1) is 0 Å². The summed E-state index contributed by atoms with van der Waals surface area (Å²) in [6, 6.07) is 0.686. The van der Waals surface area contributed by atoms with Crippen LogP contribution in [0.1, 0.15) is 18.7 Å². The molecule has 10 heteroatoms. The summed E-state index contributed by atoms with van der Waals surface area (Å²) in [7, 11) is 0. The van der Waals surface area contributed by atoms with Gasteiger partial charge < -0.3 is 14.9 Å². The van der Waals surface area contributed by atoms with Gasteiger partial charge in [-0.3, -0.25) is 14.3 Å². The molecule has 0 spiro atoms. The third-order valence-corrected chi connectivity index (χ3v) is 3.67. The van der Waals surface area contributed by atoms with Crippen LogP contribution in [0.5, 0.6) is 0 Å². The van der Waals surface area contributed by atoms with Crippen LogP contribution in [0.2, 0.25) is 0 Å². The molecule has 2 aromatic heterocycles. The molecule has 0 saturated carbocycles. The van der Waals surface area contributed by atoms with Crippen molar-refractivity contribution in [2.75, 3.05) is 6.61 Å². The van der Waals surface area contributed by atoms with Crippen molar-refractivity contribution in [1.82, 2.24) is 24.3 Å². The molecule has 0 radical (unpaired) electrons. The molecular weight excluding hydrogens is 294 g/mol. The Hall–Kier alpha value is -2.30. The fraction of sp³-hybridized carbons (Fsp3) is 0.500. The van der Waals surface area contributed by atoms with Crippen molar-refractivity contribution >= 4 is 0 Å². The maximum Gasteiger partial charge on any atom is 0.330 e. The standard InChI is InChI=1S/C12H15N5O5/c18-4-8-11(20)7(17-6-13-5-14-17)3-10(22-8)16-2-1-9(19)15-12(16)21/h1-2,5-8,10-11,18,20H,3-4H2,(H,15,19,21)/t7-,8+,10-,11-/m0/s1. The monoisotopic (exact) mass is 309 g/mol. The average Bonchev–Trinajstić information content (AvgIpc) is 3.02. The van der Waals surface area contributed by atoms with Gasteiger partial charge in [-0.25, -0.2) is 14.5 Å². The molecule has 1 fully saturated rings. The van der Waals surface area contributed by atoms with Gasteiger partial charge >= 0.3 is 5.69 Å². The SMILES string of the molecule is O=c1ccn([C@@H]2C[C@H](n3cncn3)[C@H](O)[C@@H](CO)O2)c(=O)[nH]1. The Labute approximate surface area is 123 Å². The molecule has 1 saturated heterocycles. The second kappa shape index (κ2) is 5.83. The number of nitrogens with one attached hydrogen (secondary N) is 1. The van der Waals surface area contributed by atoms with E-state index < -0.39 is 42.3 Å². The van der Waals surface area contributed by atoms with E-state index in [2.05, 4.69) is 15.1 Å². The molecule has 3 rings (SSSR count). The number of hydrogen-bond acceptors (Lipinski definition) is 7. The lowest BCUT2D eigenvalue weighted by atomic mass is 9.98. The largest absolute Gasteiger partial charge is 0.394 e. The fourth-order valence-electron chi connectivity index (χ4n) is 2.57. The molecule has 3 heterocycles. The smallest absolute Gasteiger partial charge is 0.330 e. The first kappa shape index (κ1) is 14.6. The van der Waals surface area contributed by atoms with E-state index in [1.165, 1.54) is 34.2 Å². The van der Waals surface area contributed by atoms with Crippen LogP contribution < -0.4 is 11.2 Å². The second-order valence-electron chi connectivity index (χ2n) is 5.00. The molecule has 1 aliphatic heterocycles. The van der Waals surface area contributed by atoms with Gasteiger partial charge in [0.1, 0.15) is 31.1 Å². The summed E-state index contributed by atoms with van der Waals surface area (Å²) in [5, 5.41) is 23.6. The lowest BCUT2D eigenvalue weighted by Gasteiger charge is -2.38. The van der Waals surface area contributed by atoms with Gasteiger partial charge in [0, 0.05) is 18.7 Å². The Balaban J connectivity index is 1.95. The lowest BCUT2D eigenvalue weighted by Crippen LogP contribution is -2.48. The van der Waals surface area contributed by atoms with Crippen LogP contribution >= 0.6 is 0 Å². The average molecular weight is 309 g/mol. The zero-order chi connectivity index (χ0) is 15.7. The highest BCUT2D eigenvalue weighted by Crippen LogP contribution is 2.33. The second-order valence-corrected chi connectivity index (χ2v) is 5.00. The Morgan fingerprint density at radius 2 is 2.27 bits per heavy atom. The highest BCUT2D eigenvalue weighted by molar-refractivity contribution is 4.91. The van der Waals surface area contributed by atoms with Crippen molar-refractivity contribution in [2.45, 2.75) is 30.9 Å². The molecule has 1 aliphatic rings. The highest BCUT2D eigenvalue weighted by Gasteiger charge is 2.39. The predicted octanol–water partition coefficient (Wildman–Crippen LogP) is -1.99. The van der Waals surface area contributed by atoms with Crippen molar-refractivity contribution in [3.63, 3.8) is 0 Å². The third kappa shape index (κ3) is 2.58.